The molecule has 2 atom stereocenters. The number of pyridine rings is 1. The Morgan fingerprint density at radius 3 is 2.45 bits per heavy atom. The number of nitrogens with zero attached hydrogens (tertiary/aromatic N) is 3. The summed E-state index contributed by atoms with van der Waals surface area (Å²) in [7, 11) is 0. The molecule has 1 aliphatic heterocycles. The summed E-state index contributed by atoms with van der Waals surface area (Å²) in [6.07, 6.45) is -2.81. The van der Waals surface area contributed by atoms with Crippen LogP contribution in [0.2, 0.25) is 0 Å². The number of carbonyl (C=O) groups excluding carboxylic acids is 4. The highest BCUT2D eigenvalue weighted by Gasteiger charge is 2.50. The summed E-state index contributed by atoms with van der Waals surface area (Å²) >= 11 is 0. The molecule has 2 aromatic rings. The van der Waals surface area contributed by atoms with Gasteiger partial charge in [-0.3, -0.25) is 9.59 Å². The van der Waals surface area contributed by atoms with Crippen molar-refractivity contribution in [3.63, 3.8) is 0 Å². The van der Waals surface area contributed by atoms with Crippen molar-refractivity contribution >= 4 is 29.8 Å². The largest absolute Gasteiger partial charge is 0.444 e. The first-order valence-electron chi connectivity index (χ1n) is 15.8. The third-order valence-electron chi connectivity index (χ3n) is 8.77. The maximum absolute atomic E-state index is 14.1. The highest BCUT2D eigenvalue weighted by Crippen LogP contribution is 2.48. The van der Waals surface area contributed by atoms with E-state index in [1.54, 1.807) is 20.8 Å². The molecule has 0 aromatic carbocycles. The van der Waals surface area contributed by atoms with Crippen LogP contribution in [-0.2, 0) is 21.5 Å². The number of alkyl halides is 5. The van der Waals surface area contributed by atoms with Crippen LogP contribution in [0.1, 0.15) is 80.9 Å². The van der Waals surface area contributed by atoms with Crippen molar-refractivity contribution in [2.24, 2.45) is 5.92 Å². The van der Waals surface area contributed by atoms with E-state index < -0.39 is 84.4 Å². The summed E-state index contributed by atoms with van der Waals surface area (Å²) in [5, 5.41) is 13.8. The van der Waals surface area contributed by atoms with Crippen molar-refractivity contribution in [3.8, 4) is 0 Å². The molecule has 0 unspecified atom stereocenters. The number of amides is 5. The number of halogens is 5. The number of carbonyl (C=O) groups is 4. The van der Waals surface area contributed by atoms with E-state index in [4.69, 9.17) is 9.26 Å². The number of alkyl carbamates (subject to hydrolysis) is 1. The lowest BCUT2D eigenvalue weighted by molar-refractivity contribution is -0.149. The Labute approximate surface area is 278 Å². The fourth-order valence-electron chi connectivity index (χ4n) is 5.97. The molecular weight excluding hydrogens is 661 g/mol. The zero-order valence-electron chi connectivity index (χ0n) is 27.1. The Hall–Kier alpha value is -4.51. The zero-order valence-corrected chi connectivity index (χ0v) is 27.1. The first-order valence-corrected chi connectivity index (χ1v) is 15.8. The lowest BCUT2D eigenvalue weighted by Gasteiger charge is -2.33. The number of hydrogen-bond donors (Lipinski definition) is 4. The molecule has 3 fully saturated rings. The van der Waals surface area contributed by atoms with Gasteiger partial charge in [-0.2, -0.15) is 13.2 Å². The number of nitrogens with one attached hydrogen (secondary N) is 4. The second kappa shape index (κ2) is 13.4. The van der Waals surface area contributed by atoms with Crippen molar-refractivity contribution < 1.29 is 50.4 Å². The fourth-order valence-corrected chi connectivity index (χ4v) is 5.97. The van der Waals surface area contributed by atoms with Crippen LogP contribution in [0, 0.1) is 5.92 Å². The Morgan fingerprint density at radius 2 is 1.84 bits per heavy atom. The SMILES string of the molecule is CC(C)(C)OC(=O)NCC1(c2nocc2C(=O)N[C@H](C(=O)Nc2cc(CN3C[C@@H](C(F)(F)F)NC3=O)ccn2)C2CCC(F)(F)CC2)CC1. The minimum Gasteiger partial charge on any atom is -0.444 e. The molecule has 2 aliphatic carbocycles. The molecule has 3 heterocycles. The molecule has 18 heteroatoms. The van der Waals surface area contributed by atoms with E-state index in [2.05, 4.69) is 26.1 Å². The van der Waals surface area contributed by atoms with Crippen molar-refractivity contribution in [1.82, 2.24) is 31.0 Å². The predicted octanol–water partition coefficient (Wildman–Crippen LogP) is 4.64. The topological polar surface area (TPSA) is 168 Å². The molecule has 268 valence electrons. The molecule has 3 aliphatic rings. The molecule has 4 N–H and O–H groups in total. The molecule has 2 saturated carbocycles. The normalized spacial score (nSPS) is 21.0. The highest BCUT2D eigenvalue weighted by molar-refractivity contribution is 6.01. The van der Waals surface area contributed by atoms with E-state index in [0.717, 1.165) is 11.2 Å². The monoisotopic (exact) mass is 699 g/mol. The molecule has 0 spiro atoms. The van der Waals surface area contributed by atoms with Gasteiger partial charge in [-0.1, -0.05) is 5.16 Å². The van der Waals surface area contributed by atoms with Crippen LogP contribution in [0.5, 0.6) is 0 Å². The third-order valence-corrected chi connectivity index (χ3v) is 8.77. The number of aromatic nitrogens is 2. The maximum Gasteiger partial charge on any atom is 0.410 e. The molecule has 5 rings (SSSR count). The van der Waals surface area contributed by atoms with Crippen LogP contribution < -0.4 is 21.3 Å². The third kappa shape index (κ3) is 8.94. The predicted molar refractivity (Wildman–Crippen MR) is 161 cm³/mol. The molecule has 1 saturated heterocycles. The van der Waals surface area contributed by atoms with Gasteiger partial charge in [0.25, 0.3) is 5.91 Å². The minimum absolute atomic E-state index is 0.0172. The number of urea groups is 1. The van der Waals surface area contributed by atoms with Gasteiger partial charge in [0.1, 0.15) is 41.0 Å². The van der Waals surface area contributed by atoms with Gasteiger partial charge in [-0.15, -0.1) is 0 Å². The molecular formula is C31H38F5N7O6. The van der Waals surface area contributed by atoms with Gasteiger partial charge >= 0.3 is 18.3 Å². The lowest BCUT2D eigenvalue weighted by Crippen LogP contribution is -2.50. The summed E-state index contributed by atoms with van der Waals surface area (Å²) in [6.45, 7) is 4.45. The average Bonchev–Trinajstić information content (AvgIpc) is 3.43. The smallest absolute Gasteiger partial charge is 0.410 e. The molecule has 13 nitrogen and oxygen atoms in total. The molecule has 5 amide bonds. The number of ether oxygens (including phenoxy) is 1. The summed E-state index contributed by atoms with van der Waals surface area (Å²) in [5.74, 6) is -5.10. The van der Waals surface area contributed by atoms with Crippen molar-refractivity contribution in [2.75, 3.05) is 18.4 Å². The number of hydrogen-bond acceptors (Lipinski definition) is 8. The second-order valence-corrected chi connectivity index (χ2v) is 13.8. The van der Waals surface area contributed by atoms with Gasteiger partial charge in [-0.05, 0) is 70.1 Å². The molecule has 0 bridgehead atoms. The summed E-state index contributed by atoms with van der Waals surface area (Å²) in [5.41, 5.74) is -0.783. The van der Waals surface area contributed by atoms with Crippen molar-refractivity contribution in [3.05, 3.63) is 41.4 Å². The Kier molecular flexibility index (Phi) is 9.80. The molecule has 2 aromatic heterocycles. The van der Waals surface area contributed by atoms with E-state index in [0.29, 0.717) is 18.4 Å². The van der Waals surface area contributed by atoms with Crippen LogP contribution >= 0.6 is 0 Å². The lowest BCUT2D eigenvalue weighted by atomic mass is 9.81. The standard InChI is InChI=1S/C31H38F5N7O6/c1-28(2,3)49-27(47)38-16-29(9-10-29)23-19(15-48-42-23)24(44)41-22(18-4-7-30(32,33)8-5-18)25(45)40-21-12-17(6-11-37-21)13-43-14-20(31(34,35)36)39-26(43)46/h6,11-12,15,18,20,22H,4-5,7-10,13-14,16H2,1-3H3,(H,38,47)(H,39,46)(H,41,44)(H,37,40,45)/t20-,22-/m0/s1. The van der Waals surface area contributed by atoms with Crippen LogP contribution in [0.4, 0.5) is 37.4 Å². The van der Waals surface area contributed by atoms with Crippen molar-refractivity contribution in [2.45, 2.75) is 101 Å². The first kappa shape index (κ1) is 35.8. The van der Waals surface area contributed by atoms with Crippen LogP contribution in [0.25, 0.3) is 0 Å². The van der Waals surface area contributed by atoms with Gasteiger partial charge in [0.2, 0.25) is 11.8 Å². The van der Waals surface area contributed by atoms with Gasteiger partial charge in [-0.25, -0.2) is 23.4 Å². The van der Waals surface area contributed by atoms with E-state index in [1.807, 2.05) is 5.32 Å². The summed E-state index contributed by atoms with van der Waals surface area (Å²) in [4.78, 5) is 56.8. The number of anilines is 1. The summed E-state index contributed by atoms with van der Waals surface area (Å²) < 4.78 is 77.9. The van der Waals surface area contributed by atoms with Crippen LogP contribution in [0.3, 0.4) is 0 Å². The number of rotatable bonds is 10. The first-order chi connectivity index (χ1) is 22.8. The zero-order chi connectivity index (χ0) is 35.8. The van der Waals surface area contributed by atoms with Gasteiger partial charge in [0.05, 0.1) is 6.54 Å². The average molecular weight is 700 g/mol. The Balaban J connectivity index is 1.29. The van der Waals surface area contributed by atoms with Gasteiger partial charge in [0.15, 0.2) is 0 Å². The van der Waals surface area contributed by atoms with Gasteiger partial charge < -0.3 is 35.4 Å². The highest BCUT2D eigenvalue weighted by atomic mass is 19.4. The van der Waals surface area contributed by atoms with E-state index in [9.17, 15) is 41.1 Å². The van der Waals surface area contributed by atoms with E-state index in [-0.39, 0.29) is 43.0 Å². The van der Waals surface area contributed by atoms with E-state index >= 15 is 0 Å². The second-order valence-electron chi connectivity index (χ2n) is 13.8. The van der Waals surface area contributed by atoms with Crippen LogP contribution in [0.15, 0.2) is 29.1 Å². The maximum atomic E-state index is 14.1. The van der Waals surface area contributed by atoms with Gasteiger partial charge in [0, 0.05) is 37.5 Å². The van der Waals surface area contributed by atoms with Crippen molar-refractivity contribution in [1.29, 1.82) is 0 Å². The summed E-state index contributed by atoms with van der Waals surface area (Å²) in [6, 6.07) is -1.38. The molecule has 49 heavy (non-hydrogen) atoms. The minimum atomic E-state index is -4.62. The van der Waals surface area contributed by atoms with E-state index in [1.165, 1.54) is 18.3 Å². The Morgan fingerprint density at radius 1 is 1.14 bits per heavy atom. The Bertz CT molecular complexity index is 1560. The van der Waals surface area contributed by atoms with Crippen LogP contribution in [-0.4, -0.2) is 81.9 Å². The molecule has 0 radical (unpaired) electrons. The fraction of sp³-hybridized carbons (Fsp3) is 0.613. The quantitative estimate of drug-likeness (QED) is 0.260.